The van der Waals surface area contributed by atoms with Gasteiger partial charge in [0.05, 0.1) is 0 Å². The van der Waals surface area contributed by atoms with E-state index in [1.807, 2.05) is 0 Å². The molecule has 0 unspecified atom stereocenters. The third-order valence-electron chi connectivity index (χ3n) is 4.18. The number of amides is 1. The molecule has 1 amide bonds. The molecule has 0 saturated heterocycles. The lowest BCUT2D eigenvalue weighted by Gasteiger charge is -2.23. The van der Waals surface area contributed by atoms with Crippen LogP contribution in [0.15, 0.2) is 12.1 Å². The van der Waals surface area contributed by atoms with E-state index in [1.165, 1.54) is 7.05 Å². The quantitative estimate of drug-likeness (QED) is 0.873. The summed E-state index contributed by atoms with van der Waals surface area (Å²) in [6.07, 6.45) is 4.59. The van der Waals surface area contributed by atoms with Gasteiger partial charge in [-0.3, -0.25) is 4.79 Å². The SMILES string of the molecule is CNc1c(F)cc(C(=O)N(CC2CC2)CC2CC2)cc1F. The van der Waals surface area contributed by atoms with Gasteiger partial charge >= 0.3 is 0 Å². The number of anilines is 1. The van der Waals surface area contributed by atoms with Gasteiger partial charge in [-0.25, -0.2) is 8.78 Å². The second-order valence-electron chi connectivity index (χ2n) is 6.16. The van der Waals surface area contributed by atoms with Crippen LogP contribution >= 0.6 is 0 Å². The van der Waals surface area contributed by atoms with Crippen molar-refractivity contribution in [3.8, 4) is 0 Å². The molecule has 1 aromatic carbocycles. The zero-order valence-corrected chi connectivity index (χ0v) is 12.2. The Morgan fingerprint density at radius 2 is 1.62 bits per heavy atom. The summed E-state index contributed by atoms with van der Waals surface area (Å²) in [6.45, 7) is 1.43. The highest BCUT2D eigenvalue weighted by atomic mass is 19.1. The molecular weight excluding hydrogens is 274 g/mol. The highest BCUT2D eigenvalue weighted by molar-refractivity contribution is 5.94. The first-order chi connectivity index (χ1) is 10.1. The summed E-state index contributed by atoms with van der Waals surface area (Å²) in [4.78, 5) is 14.3. The smallest absolute Gasteiger partial charge is 0.254 e. The number of carbonyl (C=O) groups is 1. The number of nitrogens with one attached hydrogen (secondary N) is 1. The summed E-state index contributed by atoms with van der Waals surface area (Å²) in [5, 5.41) is 2.47. The largest absolute Gasteiger partial charge is 0.383 e. The summed E-state index contributed by atoms with van der Waals surface area (Å²) in [5.41, 5.74) is -0.0900. The number of benzene rings is 1. The van der Waals surface area contributed by atoms with Crippen LogP contribution in [-0.2, 0) is 0 Å². The van der Waals surface area contributed by atoms with E-state index in [2.05, 4.69) is 5.32 Å². The molecule has 0 radical (unpaired) electrons. The molecule has 2 saturated carbocycles. The second-order valence-corrected chi connectivity index (χ2v) is 6.16. The maximum Gasteiger partial charge on any atom is 0.254 e. The highest BCUT2D eigenvalue weighted by Crippen LogP contribution is 2.34. The maximum atomic E-state index is 13.8. The van der Waals surface area contributed by atoms with Crippen molar-refractivity contribution in [2.24, 2.45) is 11.8 Å². The van der Waals surface area contributed by atoms with Crippen LogP contribution in [0.5, 0.6) is 0 Å². The number of halogens is 2. The third-order valence-corrected chi connectivity index (χ3v) is 4.18. The van der Waals surface area contributed by atoms with Gasteiger partial charge in [-0.1, -0.05) is 0 Å². The van der Waals surface area contributed by atoms with Gasteiger partial charge in [0.2, 0.25) is 0 Å². The van der Waals surface area contributed by atoms with Crippen LogP contribution in [0.3, 0.4) is 0 Å². The lowest BCUT2D eigenvalue weighted by molar-refractivity contribution is 0.0738. The van der Waals surface area contributed by atoms with Crippen molar-refractivity contribution in [1.82, 2.24) is 4.90 Å². The predicted octanol–water partition coefficient (Wildman–Crippen LogP) is 3.27. The van der Waals surface area contributed by atoms with Crippen molar-refractivity contribution in [3.63, 3.8) is 0 Å². The molecule has 0 bridgehead atoms. The van der Waals surface area contributed by atoms with Gasteiger partial charge in [0.15, 0.2) is 0 Å². The van der Waals surface area contributed by atoms with Gasteiger partial charge in [0.1, 0.15) is 17.3 Å². The van der Waals surface area contributed by atoms with E-state index in [1.54, 1.807) is 4.90 Å². The van der Waals surface area contributed by atoms with E-state index in [0.717, 1.165) is 37.8 Å². The molecule has 21 heavy (non-hydrogen) atoms. The predicted molar refractivity (Wildman–Crippen MR) is 77.3 cm³/mol. The summed E-state index contributed by atoms with van der Waals surface area (Å²) in [7, 11) is 1.45. The number of nitrogens with zero attached hydrogens (tertiary/aromatic N) is 1. The molecule has 114 valence electrons. The average molecular weight is 294 g/mol. The fourth-order valence-corrected chi connectivity index (χ4v) is 2.58. The molecule has 3 rings (SSSR count). The first-order valence-electron chi connectivity index (χ1n) is 7.54. The molecule has 5 heteroatoms. The van der Waals surface area contributed by atoms with E-state index in [0.29, 0.717) is 24.9 Å². The number of carbonyl (C=O) groups excluding carboxylic acids is 1. The van der Waals surface area contributed by atoms with Crippen LogP contribution in [0, 0.1) is 23.5 Å². The molecule has 1 N–H and O–H groups in total. The maximum absolute atomic E-state index is 13.8. The third kappa shape index (κ3) is 3.34. The second kappa shape index (κ2) is 5.62. The van der Waals surface area contributed by atoms with Crippen molar-refractivity contribution >= 4 is 11.6 Å². The molecule has 2 fully saturated rings. The molecule has 0 aliphatic heterocycles. The van der Waals surface area contributed by atoms with Gasteiger partial charge in [-0.05, 0) is 49.7 Å². The average Bonchev–Trinajstić information content (AvgIpc) is 3.32. The lowest BCUT2D eigenvalue weighted by Crippen LogP contribution is -2.34. The van der Waals surface area contributed by atoms with Gasteiger partial charge in [0.25, 0.3) is 5.91 Å². The van der Waals surface area contributed by atoms with E-state index in [9.17, 15) is 13.6 Å². The molecule has 3 nitrogen and oxygen atoms in total. The Kier molecular flexibility index (Phi) is 3.83. The minimum atomic E-state index is -0.723. The van der Waals surface area contributed by atoms with Crippen molar-refractivity contribution in [1.29, 1.82) is 0 Å². The fraction of sp³-hybridized carbons (Fsp3) is 0.562. The summed E-state index contributed by atoms with van der Waals surface area (Å²) >= 11 is 0. The lowest BCUT2D eigenvalue weighted by atomic mass is 10.1. The minimum absolute atomic E-state index is 0.102. The minimum Gasteiger partial charge on any atom is -0.383 e. The van der Waals surface area contributed by atoms with Crippen molar-refractivity contribution in [3.05, 3.63) is 29.3 Å². The van der Waals surface area contributed by atoms with Gasteiger partial charge in [-0.15, -0.1) is 0 Å². The molecule has 0 atom stereocenters. The van der Waals surface area contributed by atoms with Crippen molar-refractivity contribution < 1.29 is 13.6 Å². The normalized spacial score (nSPS) is 17.7. The molecule has 2 aliphatic carbocycles. The van der Waals surface area contributed by atoms with Crippen LogP contribution in [-0.4, -0.2) is 30.9 Å². The Morgan fingerprint density at radius 3 is 2.00 bits per heavy atom. The molecule has 0 heterocycles. The van der Waals surface area contributed by atoms with Gasteiger partial charge < -0.3 is 10.2 Å². The zero-order valence-electron chi connectivity index (χ0n) is 12.2. The molecule has 0 spiro atoms. The van der Waals surface area contributed by atoms with Crippen LogP contribution in [0.1, 0.15) is 36.0 Å². The standard InChI is InChI=1S/C16H20F2N2O/c1-19-15-13(17)6-12(7-14(15)18)16(21)20(8-10-2-3-10)9-11-4-5-11/h6-7,10-11,19H,2-5,8-9H2,1H3. The Bertz CT molecular complexity index is 516. The first-order valence-corrected chi connectivity index (χ1v) is 7.54. The summed E-state index contributed by atoms with van der Waals surface area (Å²) in [5.74, 6) is -0.565. The Labute approximate surface area is 123 Å². The summed E-state index contributed by atoms with van der Waals surface area (Å²) in [6, 6.07) is 2.26. The van der Waals surface area contributed by atoms with Crippen molar-refractivity contribution in [2.45, 2.75) is 25.7 Å². The number of hydrogen-bond acceptors (Lipinski definition) is 2. The number of hydrogen-bond donors (Lipinski definition) is 1. The molecular formula is C16H20F2N2O. The number of rotatable bonds is 6. The van der Waals surface area contributed by atoms with Crippen molar-refractivity contribution in [2.75, 3.05) is 25.5 Å². The fourth-order valence-electron chi connectivity index (χ4n) is 2.58. The molecule has 2 aliphatic rings. The zero-order chi connectivity index (χ0) is 15.0. The highest BCUT2D eigenvalue weighted by Gasteiger charge is 2.32. The van der Waals surface area contributed by atoms with Crippen LogP contribution in [0.4, 0.5) is 14.5 Å². The van der Waals surface area contributed by atoms with E-state index in [-0.39, 0.29) is 17.2 Å². The van der Waals surface area contributed by atoms with Crippen LogP contribution < -0.4 is 5.32 Å². The Hall–Kier alpha value is -1.65. The Morgan fingerprint density at radius 1 is 1.14 bits per heavy atom. The van der Waals surface area contributed by atoms with Crippen LogP contribution in [0.25, 0.3) is 0 Å². The first kappa shape index (κ1) is 14.3. The van der Waals surface area contributed by atoms with E-state index < -0.39 is 11.6 Å². The van der Waals surface area contributed by atoms with Gasteiger partial charge in [0, 0.05) is 25.7 Å². The van der Waals surface area contributed by atoms with Gasteiger partial charge in [-0.2, -0.15) is 0 Å². The van der Waals surface area contributed by atoms with E-state index >= 15 is 0 Å². The monoisotopic (exact) mass is 294 g/mol. The molecule has 1 aromatic rings. The molecule has 0 aromatic heterocycles. The van der Waals surface area contributed by atoms with E-state index in [4.69, 9.17) is 0 Å². The Balaban J connectivity index is 1.80. The van der Waals surface area contributed by atoms with Crippen LogP contribution in [0.2, 0.25) is 0 Å². The summed E-state index contributed by atoms with van der Waals surface area (Å²) < 4.78 is 27.6. The topological polar surface area (TPSA) is 32.3 Å².